The quantitative estimate of drug-likeness (QED) is 0.779. The molecular weight excluding hydrogens is 304 g/mol. The molecule has 0 aliphatic carbocycles. The van der Waals surface area contributed by atoms with Crippen LogP contribution in [-0.2, 0) is 4.74 Å². The second-order valence-electron chi connectivity index (χ2n) is 8.49. The summed E-state index contributed by atoms with van der Waals surface area (Å²) in [5, 5.41) is 13.9. The van der Waals surface area contributed by atoms with Crippen LogP contribution in [0.15, 0.2) is 0 Å². The Kier molecular flexibility index (Phi) is 6.54. The summed E-state index contributed by atoms with van der Waals surface area (Å²) in [7, 11) is 0. The number of nitrogens with one attached hydrogen (secondary N) is 1. The molecular formula is C19H36N2O3. The van der Waals surface area contributed by atoms with Crippen LogP contribution in [0, 0.1) is 5.92 Å². The van der Waals surface area contributed by atoms with Crippen molar-refractivity contribution in [2.75, 3.05) is 6.54 Å². The third-order valence-corrected chi connectivity index (χ3v) is 5.55. The van der Waals surface area contributed by atoms with Gasteiger partial charge in [-0.25, -0.2) is 4.79 Å². The number of piperidine rings is 1. The Morgan fingerprint density at radius 1 is 1.21 bits per heavy atom. The minimum absolute atomic E-state index is 0.162. The number of carbonyl (C=O) groups is 1. The highest BCUT2D eigenvalue weighted by Gasteiger charge is 2.44. The van der Waals surface area contributed by atoms with E-state index < -0.39 is 5.60 Å². The van der Waals surface area contributed by atoms with Crippen molar-refractivity contribution >= 4 is 6.09 Å². The summed E-state index contributed by atoms with van der Waals surface area (Å²) in [6.45, 7) is 10.7. The van der Waals surface area contributed by atoms with Gasteiger partial charge >= 0.3 is 6.09 Å². The van der Waals surface area contributed by atoms with Crippen molar-refractivity contribution in [2.45, 2.75) is 103 Å². The Balaban J connectivity index is 1.85. The second kappa shape index (κ2) is 8.05. The molecule has 1 amide bonds. The standard InChI is InChI=1S/C19H36N2O3/c1-6-13(7-2)17(22)12-20-14-10-15-8-9-16(11-14)21(15)18(23)24-19(3,4)5/h13-17,20,22H,6-12H2,1-5H3. The number of aliphatic hydroxyl groups is 1. The predicted octanol–water partition coefficient (Wildman–Crippen LogP) is 3.30. The Bertz CT molecular complexity index is 403. The van der Waals surface area contributed by atoms with E-state index in [1.54, 1.807) is 0 Å². The van der Waals surface area contributed by atoms with Gasteiger partial charge in [0, 0.05) is 24.7 Å². The van der Waals surface area contributed by atoms with Crippen LogP contribution in [0.1, 0.15) is 73.1 Å². The number of amides is 1. The summed E-state index contributed by atoms with van der Waals surface area (Å²) >= 11 is 0. The zero-order valence-electron chi connectivity index (χ0n) is 16.0. The van der Waals surface area contributed by atoms with E-state index in [9.17, 15) is 9.90 Å². The average molecular weight is 341 g/mol. The van der Waals surface area contributed by atoms with Crippen molar-refractivity contribution in [1.82, 2.24) is 10.2 Å². The van der Waals surface area contributed by atoms with Gasteiger partial charge < -0.3 is 20.1 Å². The van der Waals surface area contributed by atoms with Gasteiger partial charge in [-0.2, -0.15) is 0 Å². The summed E-state index contributed by atoms with van der Waals surface area (Å²) in [5.41, 5.74) is -0.439. The van der Waals surface area contributed by atoms with Gasteiger partial charge in [0.2, 0.25) is 0 Å². The number of aliphatic hydroxyl groups excluding tert-OH is 1. The van der Waals surface area contributed by atoms with E-state index in [0.29, 0.717) is 18.5 Å². The monoisotopic (exact) mass is 340 g/mol. The molecule has 2 heterocycles. The molecule has 2 N–H and O–H groups in total. The first-order valence-corrected chi connectivity index (χ1v) is 9.67. The molecule has 2 bridgehead atoms. The summed E-state index contributed by atoms with van der Waals surface area (Å²) < 4.78 is 5.58. The molecule has 0 spiro atoms. The molecule has 0 saturated carbocycles. The third kappa shape index (κ3) is 4.85. The van der Waals surface area contributed by atoms with Crippen molar-refractivity contribution in [1.29, 1.82) is 0 Å². The van der Waals surface area contributed by atoms with Crippen molar-refractivity contribution < 1.29 is 14.6 Å². The number of carbonyl (C=O) groups excluding carboxylic acids is 1. The summed E-state index contributed by atoms with van der Waals surface area (Å²) in [5.74, 6) is 0.371. The molecule has 0 aromatic carbocycles. The predicted molar refractivity (Wildman–Crippen MR) is 96.0 cm³/mol. The van der Waals surface area contributed by atoms with E-state index in [1.807, 2.05) is 25.7 Å². The lowest BCUT2D eigenvalue weighted by atomic mass is 9.94. The average Bonchev–Trinajstić information content (AvgIpc) is 2.76. The molecule has 2 aliphatic rings. The Morgan fingerprint density at radius 2 is 1.75 bits per heavy atom. The van der Waals surface area contributed by atoms with Crippen LogP contribution in [-0.4, -0.2) is 52.5 Å². The molecule has 2 fully saturated rings. The maximum absolute atomic E-state index is 12.5. The van der Waals surface area contributed by atoms with Gasteiger partial charge in [-0.1, -0.05) is 26.7 Å². The lowest BCUT2D eigenvalue weighted by Crippen LogP contribution is -2.53. The molecule has 3 atom stereocenters. The largest absolute Gasteiger partial charge is 0.444 e. The van der Waals surface area contributed by atoms with Gasteiger partial charge in [0.15, 0.2) is 0 Å². The highest BCUT2D eigenvalue weighted by Crippen LogP contribution is 2.36. The minimum atomic E-state index is -0.439. The zero-order chi connectivity index (χ0) is 17.9. The number of hydrogen-bond donors (Lipinski definition) is 2. The fourth-order valence-electron chi connectivity index (χ4n) is 4.24. The summed E-state index contributed by atoms with van der Waals surface area (Å²) in [4.78, 5) is 14.4. The Morgan fingerprint density at radius 3 is 2.21 bits per heavy atom. The fraction of sp³-hybridized carbons (Fsp3) is 0.947. The summed E-state index contributed by atoms with van der Waals surface area (Å²) in [6, 6.07) is 0.952. The van der Waals surface area contributed by atoms with Crippen LogP contribution in [0.5, 0.6) is 0 Å². The fourth-order valence-corrected chi connectivity index (χ4v) is 4.24. The van der Waals surface area contributed by atoms with Gasteiger partial charge in [0.05, 0.1) is 6.10 Å². The van der Waals surface area contributed by atoms with Crippen LogP contribution in [0.3, 0.4) is 0 Å². The molecule has 140 valence electrons. The van der Waals surface area contributed by atoms with Crippen molar-refractivity contribution in [3.8, 4) is 0 Å². The van der Waals surface area contributed by atoms with Crippen molar-refractivity contribution in [3.63, 3.8) is 0 Å². The molecule has 2 saturated heterocycles. The lowest BCUT2D eigenvalue weighted by Gasteiger charge is -2.40. The maximum atomic E-state index is 12.5. The first-order chi connectivity index (χ1) is 11.2. The first-order valence-electron chi connectivity index (χ1n) is 9.67. The number of rotatable bonds is 6. The topological polar surface area (TPSA) is 61.8 Å². The third-order valence-electron chi connectivity index (χ3n) is 5.55. The number of hydrogen-bond acceptors (Lipinski definition) is 4. The van der Waals surface area contributed by atoms with Crippen molar-refractivity contribution in [2.24, 2.45) is 5.92 Å². The van der Waals surface area contributed by atoms with E-state index >= 15 is 0 Å². The molecule has 5 nitrogen and oxygen atoms in total. The molecule has 24 heavy (non-hydrogen) atoms. The van der Waals surface area contributed by atoms with Crippen molar-refractivity contribution in [3.05, 3.63) is 0 Å². The van der Waals surface area contributed by atoms with E-state index in [2.05, 4.69) is 19.2 Å². The summed E-state index contributed by atoms with van der Waals surface area (Å²) in [6.07, 6.45) is 5.65. The molecule has 0 radical (unpaired) electrons. The van der Waals surface area contributed by atoms with Gasteiger partial charge in [-0.3, -0.25) is 0 Å². The van der Waals surface area contributed by atoms with Crippen LogP contribution in [0.4, 0.5) is 4.79 Å². The van der Waals surface area contributed by atoms with Crippen LogP contribution in [0.2, 0.25) is 0 Å². The van der Waals surface area contributed by atoms with E-state index in [0.717, 1.165) is 38.5 Å². The van der Waals surface area contributed by atoms with Crippen LogP contribution in [0.25, 0.3) is 0 Å². The van der Waals surface area contributed by atoms with Gasteiger partial charge in [0.25, 0.3) is 0 Å². The number of ether oxygens (including phenoxy) is 1. The molecule has 3 unspecified atom stereocenters. The highest BCUT2D eigenvalue weighted by atomic mass is 16.6. The van der Waals surface area contributed by atoms with Gasteiger partial charge in [0.1, 0.15) is 5.60 Å². The SMILES string of the molecule is CCC(CC)C(O)CNC1CC2CCC(C1)N2C(=O)OC(C)(C)C. The minimum Gasteiger partial charge on any atom is -0.444 e. The van der Waals surface area contributed by atoms with Gasteiger partial charge in [-0.05, 0) is 52.4 Å². The van der Waals surface area contributed by atoms with Gasteiger partial charge in [-0.15, -0.1) is 0 Å². The first kappa shape index (κ1) is 19.5. The molecule has 2 aliphatic heterocycles. The molecule has 0 aromatic heterocycles. The van der Waals surface area contributed by atoms with E-state index in [4.69, 9.17) is 4.74 Å². The molecule has 2 rings (SSSR count). The second-order valence-corrected chi connectivity index (χ2v) is 8.49. The zero-order valence-corrected chi connectivity index (χ0v) is 16.0. The highest BCUT2D eigenvalue weighted by molar-refractivity contribution is 5.69. The van der Waals surface area contributed by atoms with E-state index in [1.165, 1.54) is 0 Å². The smallest absolute Gasteiger partial charge is 0.410 e. The lowest BCUT2D eigenvalue weighted by molar-refractivity contribution is 0.00367. The number of nitrogens with zero attached hydrogens (tertiary/aromatic N) is 1. The molecule has 5 heteroatoms. The maximum Gasteiger partial charge on any atom is 0.410 e. The van der Waals surface area contributed by atoms with Crippen LogP contribution >= 0.6 is 0 Å². The number of fused-ring (bicyclic) bond motifs is 2. The Labute approximate surface area is 147 Å². The van der Waals surface area contributed by atoms with Crippen LogP contribution < -0.4 is 5.32 Å². The normalized spacial score (nSPS) is 28.3. The van der Waals surface area contributed by atoms with E-state index in [-0.39, 0.29) is 24.3 Å². The molecule has 0 aromatic rings. The Hall–Kier alpha value is -0.810.